The standard InChI is InChI=1S/C34H58N2/c1-3-5-7-9-11-12-13-14-15-16-17-22-26-33(30-32-24-20-19-21-25-32)34(36-29-28-35-31-36)27-23-18-10-8-6-4-2/h19-21,24-25,28-29,31,33-34H,3-18,22-23,26-27,30H2,1-2H3/p+1. The minimum Gasteiger partial charge on any atom is -0.250 e. The third kappa shape index (κ3) is 14.2. The number of nitrogens with zero attached hydrogens (tertiary/aromatic N) is 1. The Labute approximate surface area is 224 Å². The smallest absolute Gasteiger partial charge is 0.241 e. The number of H-pyrrole nitrogens is 1. The third-order valence-electron chi connectivity index (χ3n) is 8.12. The zero-order chi connectivity index (χ0) is 25.5. The molecule has 0 aliphatic heterocycles. The second kappa shape index (κ2) is 21.5. The van der Waals surface area contributed by atoms with Crippen LogP contribution in [0.1, 0.15) is 154 Å². The third-order valence-corrected chi connectivity index (χ3v) is 8.12. The molecule has 2 nitrogen and oxygen atoms in total. The van der Waals surface area contributed by atoms with E-state index in [9.17, 15) is 0 Å². The predicted octanol–water partition coefficient (Wildman–Crippen LogP) is 10.5. The molecule has 204 valence electrons. The lowest BCUT2D eigenvalue weighted by molar-refractivity contribution is -0.730. The largest absolute Gasteiger partial charge is 0.250 e. The molecular weight excluding hydrogens is 436 g/mol. The first-order valence-electron chi connectivity index (χ1n) is 15.9. The van der Waals surface area contributed by atoms with Crippen LogP contribution in [0.25, 0.3) is 0 Å². The summed E-state index contributed by atoms with van der Waals surface area (Å²) in [5, 5.41) is 0. The Morgan fingerprint density at radius 1 is 0.611 bits per heavy atom. The van der Waals surface area contributed by atoms with Crippen molar-refractivity contribution in [2.75, 3.05) is 0 Å². The summed E-state index contributed by atoms with van der Waals surface area (Å²) in [6.07, 6.45) is 35.8. The van der Waals surface area contributed by atoms with E-state index in [0.717, 1.165) is 0 Å². The highest BCUT2D eigenvalue weighted by molar-refractivity contribution is 5.15. The van der Waals surface area contributed by atoms with Crippen LogP contribution in [0.4, 0.5) is 0 Å². The molecule has 0 saturated heterocycles. The minimum atomic E-state index is 0.607. The van der Waals surface area contributed by atoms with E-state index < -0.39 is 0 Å². The summed E-state index contributed by atoms with van der Waals surface area (Å²) in [6, 6.07) is 11.8. The minimum absolute atomic E-state index is 0.607. The molecule has 1 aromatic carbocycles. The van der Waals surface area contributed by atoms with E-state index in [0.29, 0.717) is 12.0 Å². The number of benzene rings is 1. The topological polar surface area (TPSA) is 19.7 Å². The van der Waals surface area contributed by atoms with Crippen molar-refractivity contribution in [3.8, 4) is 0 Å². The second-order valence-electron chi connectivity index (χ2n) is 11.3. The fourth-order valence-electron chi connectivity index (χ4n) is 5.86. The predicted molar refractivity (Wildman–Crippen MR) is 157 cm³/mol. The first-order chi connectivity index (χ1) is 17.8. The summed E-state index contributed by atoms with van der Waals surface area (Å²) >= 11 is 0. The highest BCUT2D eigenvalue weighted by atomic mass is 15.1. The Bertz CT molecular complexity index is 693. The first-order valence-corrected chi connectivity index (χ1v) is 15.9. The molecule has 0 radical (unpaired) electrons. The van der Waals surface area contributed by atoms with E-state index in [1.807, 2.05) is 0 Å². The van der Waals surface area contributed by atoms with Crippen molar-refractivity contribution in [2.24, 2.45) is 5.92 Å². The lowest BCUT2D eigenvalue weighted by Crippen LogP contribution is -2.42. The highest BCUT2D eigenvalue weighted by Gasteiger charge is 2.26. The molecule has 1 N–H and O–H groups in total. The molecule has 0 bridgehead atoms. The molecule has 0 fully saturated rings. The van der Waals surface area contributed by atoms with Crippen LogP contribution >= 0.6 is 0 Å². The van der Waals surface area contributed by atoms with Crippen LogP contribution in [-0.4, -0.2) is 4.98 Å². The lowest BCUT2D eigenvalue weighted by Gasteiger charge is -2.25. The average Bonchev–Trinajstić information content (AvgIpc) is 3.44. The van der Waals surface area contributed by atoms with Crippen molar-refractivity contribution in [1.82, 2.24) is 4.98 Å². The normalized spacial score (nSPS) is 13.2. The Hall–Kier alpha value is -1.57. The first kappa shape index (κ1) is 30.7. The Morgan fingerprint density at radius 2 is 1.11 bits per heavy atom. The maximum atomic E-state index is 3.33. The van der Waals surface area contributed by atoms with Gasteiger partial charge in [-0.25, -0.2) is 4.57 Å². The molecule has 0 aliphatic carbocycles. The van der Waals surface area contributed by atoms with E-state index in [2.05, 4.69) is 72.5 Å². The number of hydrogen-bond acceptors (Lipinski definition) is 0. The lowest BCUT2D eigenvalue weighted by atomic mass is 9.84. The summed E-state index contributed by atoms with van der Waals surface area (Å²) in [7, 11) is 0. The Morgan fingerprint density at radius 3 is 1.61 bits per heavy atom. The number of rotatable bonds is 24. The van der Waals surface area contributed by atoms with E-state index in [1.54, 1.807) is 0 Å². The molecule has 0 aliphatic rings. The fraction of sp³-hybridized carbons (Fsp3) is 0.735. The van der Waals surface area contributed by atoms with Crippen LogP contribution < -0.4 is 4.57 Å². The number of aromatic nitrogens is 2. The van der Waals surface area contributed by atoms with Crippen LogP contribution in [-0.2, 0) is 6.42 Å². The van der Waals surface area contributed by atoms with Crippen LogP contribution in [0.15, 0.2) is 49.1 Å². The molecule has 2 heteroatoms. The molecule has 2 aromatic rings. The van der Waals surface area contributed by atoms with Crippen molar-refractivity contribution >= 4 is 0 Å². The van der Waals surface area contributed by atoms with Gasteiger partial charge in [-0.05, 0) is 31.2 Å². The zero-order valence-corrected chi connectivity index (χ0v) is 24.1. The molecule has 2 unspecified atom stereocenters. The van der Waals surface area contributed by atoms with Gasteiger partial charge in [-0.2, -0.15) is 0 Å². The van der Waals surface area contributed by atoms with Gasteiger partial charge in [0, 0.05) is 5.92 Å². The molecule has 2 atom stereocenters. The van der Waals surface area contributed by atoms with E-state index >= 15 is 0 Å². The quantitative estimate of drug-likeness (QED) is 0.110. The summed E-state index contributed by atoms with van der Waals surface area (Å²) < 4.78 is 2.49. The average molecular weight is 496 g/mol. The van der Waals surface area contributed by atoms with E-state index in [4.69, 9.17) is 0 Å². The second-order valence-corrected chi connectivity index (χ2v) is 11.3. The molecular formula is C34H59N2+. The number of unbranched alkanes of at least 4 members (excludes halogenated alkanes) is 16. The number of aromatic amines is 1. The van der Waals surface area contributed by atoms with Gasteiger partial charge in [-0.3, -0.25) is 4.98 Å². The monoisotopic (exact) mass is 495 g/mol. The summed E-state index contributed by atoms with van der Waals surface area (Å²) in [5.41, 5.74) is 1.51. The van der Waals surface area contributed by atoms with Crippen LogP contribution in [0.3, 0.4) is 0 Å². The van der Waals surface area contributed by atoms with Gasteiger partial charge in [0.25, 0.3) is 0 Å². The maximum Gasteiger partial charge on any atom is 0.241 e. The van der Waals surface area contributed by atoms with Crippen LogP contribution in [0.5, 0.6) is 0 Å². The van der Waals surface area contributed by atoms with E-state index in [1.165, 1.54) is 140 Å². The number of hydrogen-bond donors (Lipinski definition) is 1. The van der Waals surface area contributed by atoms with Gasteiger partial charge in [0.05, 0.1) is 0 Å². The van der Waals surface area contributed by atoms with E-state index in [-0.39, 0.29) is 0 Å². The van der Waals surface area contributed by atoms with Crippen LogP contribution in [0, 0.1) is 5.92 Å². The van der Waals surface area contributed by atoms with Crippen molar-refractivity contribution in [3.05, 3.63) is 54.6 Å². The molecule has 0 saturated carbocycles. The van der Waals surface area contributed by atoms with Crippen molar-refractivity contribution < 1.29 is 4.57 Å². The molecule has 36 heavy (non-hydrogen) atoms. The molecule has 1 heterocycles. The van der Waals surface area contributed by atoms with Gasteiger partial charge >= 0.3 is 0 Å². The van der Waals surface area contributed by atoms with Gasteiger partial charge < -0.3 is 0 Å². The Balaban J connectivity index is 1.78. The van der Waals surface area contributed by atoms with Crippen LogP contribution in [0.2, 0.25) is 0 Å². The van der Waals surface area contributed by atoms with Gasteiger partial charge in [0.2, 0.25) is 6.33 Å². The van der Waals surface area contributed by atoms with Gasteiger partial charge in [-0.15, -0.1) is 0 Å². The van der Waals surface area contributed by atoms with Crippen molar-refractivity contribution in [2.45, 2.75) is 155 Å². The molecule has 0 spiro atoms. The number of imidazole rings is 1. The van der Waals surface area contributed by atoms with Gasteiger partial charge in [0.1, 0.15) is 18.4 Å². The maximum absolute atomic E-state index is 3.33. The molecule has 0 amide bonds. The van der Waals surface area contributed by atoms with Crippen molar-refractivity contribution in [3.63, 3.8) is 0 Å². The SMILES string of the molecule is CCCCCCCCCCCCCCC(Cc1ccccc1)C(CCCCCCCC)[n+]1cc[nH]c1. The summed E-state index contributed by atoms with van der Waals surface area (Å²) in [5.74, 6) is 0.715. The summed E-state index contributed by atoms with van der Waals surface area (Å²) in [4.78, 5) is 3.33. The Kier molecular flexibility index (Phi) is 18.3. The number of nitrogens with one attached hydrogen (secondary N) is 1. The van der Waals surface area contributed by atoms with Gasteiger partial charge in [0.15, 0.2) is 0 Å². The zero-order valence-electron chi connectivity index (χ0n) is 24.1. The highest BCUT2D eigenvalue weighted by Crippen LogP contribution is 2.29. The fourth-order valence-corrected chi connectivity index (χ4v) is 5.86. The van der Waals surface area contributed by atoms with Crippen molar-refractivity contribution in [1.29, 1.82) is 0 Å². The van der Waals surface area contributed by atoms with Gasteiger partial charge in [-0.1, -0.05) is 153 Å². The molecule has 1 aromatic heterocycles. The summed E-state index contributed by atoms with van der Waals surface area (Å²) in [6.45, 7) is 4.61. The molecule has 2 rings (SSSR count).